The van der Waals surface area contributed by atoms with Crippen LogP contribution in [0.4, 0.5) is 0 Å². The summed E-state index contributed by atoms with van der Waals surface area (Å²) in [6, 6.07) is 0. The van der Waals surface area contributed by atoms with Crippen LogP contribution in [0.2, 0.25) is 0 Å². The molecule has 1 aliphatic heterocycles. The molecule has 1 fully saturated rings. The smallest absolute Gasteiger partial charge is 0.345 e. The molecule has 0 bridgehead atoms. The maximum Gasteiger partial charge on any atom is 0.345 e. The molecule has 1 aliphatic rings. The van der Waals surface area contributed by atoms with Crippen LogP contribution in [0.1, 0.15) is 12.8 Å². The summed E-state index contributed by atoms with van der Waals surface area (Å²) < 4.78 is -1.22. The van der Waals surface area contributed by atoms with Gasteiger partial charge in [0.15, 0.2) is 0 Å². The van der Waals surface area contributed by atoms with Gasteiger partial charge in [-0.2, -0.15) is 5.06 Å². The molecule has 2 amide bonds. The number of hydroxylamine groups is 2. The second-order valence-electron chi connectivity index (χ2n) is 2.34. The van der Waals surface area contributed by atoms with Crippen molar-refractivity contribution in [3.63, 3.8) is 0 Å². The maximum atomic E-state index is 10.9. The second-order valence-corrected chi connectivity index (χ2v) is 3.47. The topological polar surface area (TPSA) is 83.9 Å². The van der Waals surface area contributed by atoms with Gasteiger partial charge in [-0.05, 0) is 22.6 Å². The normalized spacial score (nSPS) is 19.3. The lowest BCUT2D eigenvalue weighted by Crippen LogP contribution is -2.34. The number of amides is 2. The van der Waals surface area contributed by atoms with Gasteiger partial charge in [-0.1, -0.05) is 0 Å². The number of halogens is 1. The highest BCUT2D eigenvalue weighted by atomic mass is 127. The minimum Gasteiger partial charge on any atom is -0.479 e. The van der Waals surface area contributed by atoms with Crippen molar-refractivity contribution in [3.8, 4) is 0 Å². The minimum atomic E-state index is -1.23. The number of alkyl halides is 1. The standard InChI is InChI=1S/C6H6INO5/c7-5(6(11)12)13-8-3(9)1-2-4(8)10/h5H,1-2H2,(H,11,12). The molecule has 0 spiro atoms. The molecular weight excluding hydrogens is 293 g/mol. The summed E-state index contributed by atoms with van der Waals surface area (Å²) in [7, 11) is 0. The van der Waals surface area contributed by atoms with Crippen molar-refractivity contribution < 1.29 is 24.3 Å². The molecule has 1 atom stereocenters. The SMILES string of the molecule is O=C(O)C(I)ON1C(=O)CCC1=O. The van der Waals surface area contributed by atoms with Crippen molar-refractivity contribution in [2.24, 2.45) is 0 Å². The average Bonchev–Trinajstić information content (AvgIpc) is 2.35. The Balaban J connectivity index is 2.57. The van der Waals surface area contributed by atoms with E-state index in [-0.39, 0.29) is 12.8 Å². The van der Waals surface area contributed by atoms with Gasteiger partial charge in [-0.3, -0.25) is 9.59 Å². The zero-order valence-corrected chi connectivity index (χ0v) is 8.55. The Morgan fingerprint density at radius 2 is 1.92 bits per heavy atom. The first-order valence-electron chi connectivity index (χ1n) is 3.42. The number of rotatable bonds is 3. The van der Waals surface area contributed by atoms with Crippen molar-refractivity contribution in [3.05, 3.63) is 0 Å². The van der Waals surface area contributed by atoms with Gasteiger partial charge in [0.1, 0.15) is 0 Å². The molecular formula is C6H6INO5. The summed E-state index contributed by atoms with van der Waals surface area (Å²) in [6.45, 7) is 0. The first-order valence-corrected chi connectivity index (χ1v) is 4.66. The predicted molar refractivity (Wildman–Crippen MR) is 47.6 cm³/mol. The molecule has 1 heterocycles. The molecule has 72 valence electrons. The van der Waals surface area contributed by atoms with Crippen LogP contribution >= 0.6 is 22.6 Å². The van der Waals surface area contributed by atoms with Crippen LogP contribution in [-0.4, -0.2) is 32.1 Å². The van der Waals surface area contributed by atoms with Gasteiger partial charge in [0.25, 0.3) is 11.8 Å². The van der Waals surface area contributed by atoms with Crippen LogP contribution in [0.25, 0.3) is 0 Å². The summed E-state index contributed by atoms with van der Waals surface area (Å²) >= 11 is 1.47. The first kappa shape index (κ1) is 10.4. The number of nitrogens with zero attached hydrogens (tertiary/aromatic N) is 1. The van der Waals surface area contributed by atoms with Crippen LogP contribution < -0.4 is 0 Å². The third-order valence-corrected chi connectivity index (χ3v) is 2.16. The molecule has 0 aromatic heterocycles. The summed E-state index contributed by atoms with van der Waals surface area (Å²) in [5.74, 6) is -2.21. The molecule has 1 rings (SSSR count). The lowest BCUT2D eigenvalue weighted by molar-refractivity contribution is -0.194. The predicted octanol–water partition coefficient (Wildman–Crippen LogP) is -0.0873. The summed E-state index contributed by atoms with van der Waals surface area (Å²) in [5, 5.41) is 8.95. The van der Waals surface area contributed by atoms with E-state index in [4.69, 9.17) is 5.11 Å². The fraction of sp³-hybridized carbons (Fsp3) is 0.500. The Morgan fingerprint density at radius 1 is 1.46 bits per heavy atom. The average molecular weight is 299 g/mol. The van der Waals surface area contributed by atoms with E-state index in [0.29, 0.717) is 5.06 Å². The number of carbonyl (C=O) groups is 3. The molecule has 1 saturated heterocycles. The molecule has 0 saturated carbocycles. The van der Waals surface area contributed by atoms with E-state index in [9.17, 15) is 14.4 Å². The zero-order chi connectivity index (χ0) is 10.0. The van der Waals surface area contributed by atoms with Crippen LogP contribution in [0, 0.1) is 0 Å². The Hall–Kier alpha value is -0.700. The number of aliphatic carboxylic acids is 1. The molecule has 0 aromatic rings. The van der Waals surface area contributed by atoms with Crippen molar-refractivity contribution in [1.29, 1.82) is 0 Å². The Bertz CT molecular complexity index is 250. The van der Waals surface area contributed by atoms with E-state index >= 15 is 0 Å². The number of hydrogen-bond acceptors (Lipinski definition) is 4. The van der Waals surface area contributed by atoms with Crippen LogP contribution in [0.15, 0.2) is 0 Å². The molecule has 1 unspecified atom stereocenters. The number of imide groups is 1. The van der Waals surface area contributed by atoms with Crippen molar-refractivity contribution in [1.82, 2.24) is 5.06 Å². The van der Waals surface area contributed by atoms with Crippen molar-refractivity contribution in [2.45, 2.75) is 17.0 Å². The first-order chi connectivity index (χ1) is 6.02. The Kier molecular flexibility index (Phi) is 3.20. The van der Waals surface area contributed by atoms with E-state index in [1.54, 1.807) is 0 Å². The van der Waals surface area contributed by atoms with Gasteiger partial charge in [0, 0.05) is 12.8 Å². The molecule has 7 heteroatoms. The summed E-state index contributed by atoms with van der Waals surface area (Å²) in [5.41, 5.74) is 0. The molecule has 0 aliphatic carbocycles. The lowest BCUT2D eigenvalue weighted by atomic mass is 10.4. The zero-order valence-electron chi connectivity index (χ0n) is 6.40. The quantitative estimate of drug-likeness (QED) is 0.447. The monoisotopic (exact) mass is 299 g/mol. The molecule has 0 aromatic carbocycles. The fourth-order valence-electron chi connectivity index (χ4n) is 0.811. The fourth-order valence-corrected chi connectivity index (χ4v) is 1.04. The highest BCUT2D eigenvalue weighted by Crippen LogP contribution is 2.16. The van der Waals surface area contributed by atoms with E-state index in [2.05, 4.69) is 4.84 Å². The van der Waals surface area contributed by atoms with Crippen molar-refractivity contribution >= 4 is 40.4 Å². The number of carboxylic acid groups (broad SMARTS) is 1. The van der Waals surface area contributed by atoms with Gasteiger partial charge in [0.05, 0.1) is 0 Å². The highest BCUT2D eigenvalue weighted by Gasteiger charge is 2.33. The molecule has 13 heavy (non-hydrogen) atoms. The van der Waals surface area contributed by atoms with E-state index in [1.165, 1.54) is 22.6 Å². The second kappa shape index (κ2) is 4.01. The summed E-state index contributed by atoms with van der Waals surface area (Å²) in [6.07, 6.45) is 0.170. The Morgan fingerprint density at radius 3 is 2.31 bits per heavy atom. The minimum absolute atomic E-state index is 0.0851. The highest BCUT2D eigenvalue weighted by molar-refractivity contribution is 14.1. The molecule has 1 N–H and O–H groups in total. The van der Waals surface area contributed by atoms with Crippen LogP contribution in [0.5, 0.6) is 0 Å². The van der Waals surface area contributed by atoms with Crippen LogP contribution in [0.3, 0.4) is 0 Å². The number of carbonyl (C=O) groups excluding carboxylic acids is 2. The van der Waals surface area contributed by atoms with Gasteiger partial charge >= 0.3 is 5.97 Å². The lowest BCUT2D eigenvalue weighted by Gasteiger charge is -2.14. The number of carboxylic acids is 1. The number of hydrogen-bond donors (Lipinski definition) is 1. The van der Waals surface area contributed by atoms with Crippen molar-refractivity contribution in [2.75, 3.05) is 0 Å². The van der Waals surface area contributed by atoms with Gasteiger partial charge in [-0.15, -0.1) is 0 Å². The third kappa shape index (κ3) is 2.37. The largest absolute Gasteiger partial charge is 0.479 e. The summed E-state index contributed by atoms with van der Waals surface area (Å²) in [4.78, 5) is 36.8. The van der Waals surface area contributed by atoms with Gasteiger partial charge < -0.3 is 5.11 Å². The maximum absolute atomic E-state index is 10.9. The van der Waals surface area contributed by atoms with Gasteiger partial charge in [0.2, 0.25) is 4.11 Å². The van der Waals surface area contributed by atoms with E-state index in [1.807, 2.05) is 0 Å². The van der Waals surface area contributed by atoms with Crippen LogP contribution in [-0.2, 0) is 19.2 Å². The molecule has 0 radical (unpaired) electrons. The van der Waals surface area contributed by atoms with E-state index in [0.717, 1.165) is 0 Å². The Labute approximate surface area is 86.9 Å². The third-order valence-electron chi connectivity index (χ3n) is 1.40. The van der Waals surface area contributed by atoms with E-state index < -0.39 is 21.9 Å². The van der Waals surface area contributed by atoms with Gasteiger partial charge in [-0.25, -0.2) is 9.63 Å². The molecule has 6 nitrogen and oxygen atoms in total.